The minimum absolute atomic E-state index is 1.35. The molecular weight excluding hydrogens is 196 g/mol. The standard InChI is InChI=1S/C3H9BrOS2/c1-6-7(2,3,4)5/h1-3H3. The van der Waals surface area contributed by atoms with Crippen molar-refractivity contribution in [3.63, 3.8) is 0 Å². The molecule has 0 amide bonds. The van der Waals surface area contributed by atoms with Crippen molar-refractivity contribution in [2.24, 2.45) is 0 Å². The zero-order valence-electron chi connectivity index (χ0n) is 4.60. The molecule has 46 valence electrons. The number of hydrogen-bond donors (Lipinski definition) is 0. The second kappa shape index (κ2) is 1.74. The van der Waals surface area contributed by atoms with Crippen LogP contribution in [0.15, 0.2) is 0 Å². The van der Waals surface area contributed by atoms with Crippen molar-refractivity contribution in [3.8, 4) is 0 Å². The zero-order valence-corrected chi connectivity index (χ0v) is 7.82. The van der Waals surface area contributed by atoms with Crippen molar-refractivity contribution in [2.75, 3.05) is 18.8 Å². The van der Waals surface area contributed by atoms with E-state index in [0.717, 1.165) is 0 Å². The van der Waals surface area contributed by atoms with E-state index in [9.17, 15) is 4.21 Å². The van der Waals surface area contributed by atoms with E-state index in [0.29, 0.717) is 0 Å². The molecule has 0 saturated heterocycles. The Hall–Kier alpha value is 0.980. The van der Waals surface area contributed by atoms with Gasteiger partial charge in [-0.25, -0.2) is 0 Å². The highest BCUT2D eigenvalue weighted by atomic mass is 79.9. The summed E-state index contributed by atoms with van der Waals surface area (Å²) in [6.45, 7) is -2.39. The van der Waals surface area contributed by atoms with E-state index in [1.807, 2.05) is 6.26 Å². The Bertz CT molecular complexity index is 114. The molecule has 0 fully saturated rings. The van der Waals surface area contributed by atoms with Crippen LogP contribution in [0.1, 0.15) is 0 Å². The smallest absolute Gasteiger partial charge is 0.00938 e. The highest BCUT2D eigenvalue weighted by Gasteiger charge is 2.16. The minimum atomic E-state index is -2.39. The molecule has 0 N–H and O–H groups in total. The maximum Gasteiger partial charge on any atom is 0.00938 e. The van der Waals surface area contributed by atoms with Gasteiger partial charge in [0.25, 0.3) is 0 Å². The van der Waals surface area contributed by atoms with Crippen LogP contribution in [-0.2, 0) is 6.53 Å². The Kier molecular flexibility index (Phi) is 1.98. The molecule has 0 aromatic heterocycles. The fourth-order valence-electron chi connectivity index (χ4n) is 0. The van der Waals surface area contributed by atoms with E-state index in [4.69, 9.17) is 0 Å². The molecule has 0 atom stereocenters. The van der Waals surface area contributed by atoms with Crippen molar-refractivity contribution < 1.29 is 4.21 Å². The molecule has 0 bridgehead atoms. The summed E-state index contributed by atoms with van der Waals surface area (Å²) >= 11 is 3.10. The molecule has 0 spiro atoms. The molecule has 4 heteroatoms. The lowest BCUT2D eigenvalue weighted by molar-refractivity contribution is 0.686. The van der Waals surface area contributed by atoms with Crippen LogP contribution < -0.4 is 0 Å². The van der Waals surface area contributed by atoms with Crippen LogP contribution in [0.3, 0.4) is 0 Å². The summed E-state index contributed by atoms with van der Waals surface area (Å²) in [5.41, 5.74) is 0. The molecule has 0 unspecified atom stereocenters. The Morgan fingerprint density at radius 2 is 1.71 bits per heavy atom. The predicted molar refractivity (Wildman–Crippen MR) is 42.4 cm³/mol. The minimum Gasteiger partial charge on any atom is -0.262 e. The van der Waals surface area contributed by atoms with Crippen LogP contribution in [-0.4, -0.2) is 23.0 Å². The van der Waals surface area contributed by atoms with Gasteiger partial charge in [0.1, 0.15) is 0 Å². The molecular formula is C3H9BrOS2. The van der Waals surface area contributed by atoms with Gasteiger partial charge in [0.2, 0.25) is 0 Å². The second-order valence-electron chi connectivity index (χ2n) is 1.74. The van der Waals surface area contributed by atoms with Gasteiger partial charge in [-0.05, 0) is 12.8 Å². The van der Waals surface area contributed by atoms with E-state index in [-0.39, 0.29) is 0 Å². The van der Waals surface area contributed by atoms with Gasteiger partial charge in [0.15, 0.2) is 0 Å². The topological polar surface area (TPSA) is 17.1 Å². The Morgan fingerprint density at radius 1 is 1.57 bits per heavy atom. The summed E-state index contributed by atoms with van der Waals surface area (Å²) in [6, 6.07) is 0. The fourth-order valence-corrected chi connectivity index (χ4v) is 0. The molecule has 0 radical (unpaired) electrons. The van der Waals surface area contributed by atoms with Crippen LogP contribution in [0.4, 0.5) is 0 Å². The van der Waals surface area contributed by atoms with Gasteiger partial charge in [-0.1, -0.05) is 10.8 Å². The van der Waals surface area contributed by atoms with Gasteiger partial charge in [0, 0.05) is 27.3 Å². The highest BCUT2D eigenvalue weighted by molar-refractivity contribution is 9.64. The molecule has 0 heterocycles. The van der Waals surface area contributed by atoms with E-state index in [1.165, 1.54) is 10.8 Å². The summed E-state index contributed by atoms with van der Waals surface area (Å²) in [4.78, 5) is 0. The lowest BCUT2D eigenvalue weighted by Gasteiger charge is -2.21. The predicted octanol–water partition coefficient (Wildman–Crippen LogP) is 1.65. The first-order valence-electron chi connectivity index (χ1n) is 1.71. The third-order valence-electron chi connectivity index (χ3n) is 0.464. The van der Waals surface area contributed by atoms with Crippen LogP contribution in [0.5, 0.6) is 0 Å². The largest absolute Gasteiger partial charge is 0.262 e. The molecule has 7 heavy (non-hydrogen) atoms. The van der Waals surface area contributed by atoms with Gasteiger partial charge in [-0.15, -0.1) is 0 Å². The summed E-state index contributed by atoms with van der Waals surface area (Å²) in [5.74, 6) is 0. The fraction of sp³-hybridized carbons (Fsp3) is 1.00. The third kappa shape index (κ3) is 6.98. The van der Waals surface area contributed by atoms with Crippen molar-refractivity contribution in [1.82, 2.24) is 0 Å². The lowest BCUT2D eigenvalue weighted by atomic mass is 11.9. The maximum absolute atomic E-state index is 11.0. The molecule has 0 aromatic rings. The van der Waals surface area contributed by atoms with Gasteiger partial charge in [0.05, 0.1) is 0 Å². The quantitative estimate of drug-likeness (QED) is 0.478. The van der Waals surface area contributed by atoms with Gasteiger partial charge in [-0.2, -0.15) is 0 Å². The van der Waals surface area contributed by atoms with E-state index in [1.54, 1.807) is 12.5 Å². The SMILES string of the molecule is CSS(C)(C)(=O)Br. The summed E-state index contributed by atoms with van der Waals surface area (Å²) in [7, 11) is 1.35. The lowest BCUT2D eigenvalue weighted by Crippen LogP contribution is -2.11. The molecule has 0 aliphatic rings. The molecule has 0 rings (SSSR count). The van der Waals surface area contributed by atoms with Crippen LogP contribution in [0.2, 0.25) is 0 Å². The number of halogens is 1. The second-order valence-corrected chi connectivity index (χ2v) is 16.1. The van der Waals surface area contributed by atoms with Crippen molar-refractivity contribution in [1.29, 1.82) is 0 Å². The van der Waals surface area contributed by atoms with Gasteiger partial charge >= 0.3 is 0 Å². The number of hydrogen-bond acceptors (Lipinski definition) is 2. The molecule has 1 nitrogen and oxygen atoms in total. The van der Waals surface area contributed by atoms with E-state index >= 15 is 0 Å². The first-order valence-corrected chi connectivity index (χ1v) is 8.08. The average Bonchev–Trinajstić information content (AvgIpc) is 1.32. The Balaban J connectivity index is 4.14. The monoisotopic (exact) mass is 204 g/mol. The zero-order chi connectivity index (χ0) is 6.15. The summed E-state index contributed by atoms with van der Waals surface area (Å²) in [5, 5.41) is 0. The van der Waals surface area contributed by atoms with Gasteiger partial charge in [-0.3, -0.25) is 4.21 Å². The summed E-state index contributed by atoms with van der Waals surface area (Å²) < 4.78 is 11.0. The molecule has 0 aliphatic heterocycles. The average molecular weight is 205 g/mol. The first kappa shape index (κ1) is 7.98. The Morgan fingerprint density at radius 3 is 1.71 bits per heavy atom. The van der Waals surface area contributed by atoms with E-state index < -0.39 is 6.53 Å². The molecule has 0 aliphatic carbocycles. The highest BCUT2D eigenvalue weighted by Crippen LogP contribution is 2.37. The maximum atomic E-state index is 11.0. The van der Waals surface area contributed by atoms with Crippen molar-refractivity contribution in [3.05, 3.63) is 0 Å². The first-order chi connectivity index (χ1) is 2.81. The van der Waals surface area contributed by atoms with Crippen LogP contribution >= 0.6 is 25.6 Å². The van der Waals surface area contributed by atoms with Gasteiger partial charge < -0.3 is 0 Å². The van der Waals surface area contributed by atoms with E-state index in [2.05, 4.69) is 14.8 Å². The molecule has 0 aromatic carbocycles. The number of rotatable bonds is 1. The van der Waals surface area contributed by atoms with Crippen molar-refractivity contribution >= 4 is 32.1 Å². The summed E-state index contributed by atoms with van der Waals surface area (Å²) in [6.07, 6.45) is 5.22. The molecule has 0 saturated carbocycles. The van der Waals surface area contributed by atoms with Crippen molar-refractivity contribution in [2.45, 2.75) is 0 Å². The van der Waals surface area contributed by atoms with Crippen LogP contribution in [0, 0.1) is 0 Å². The normalized spacial score (nSPS) is 18.0. The Labute approximate surface area is 55.2 Å². The van der Waals surface area contributed by atoms with Crippen LogP contribution in [0.25, 0.3) is 0 Å². The third-order valence-corrected chi connectivity index (χ3v) is 6.56.